The average molecular weight is 351 g/mol. The number of likely N-dealkylation sites (tertiary alicyclic amines) is 1. The van der Waals surface area contributed by atoms with Gasteiger partial charge in [0.05, 0.1) is 18.8 Å². The molecule has 0 bridgehead atoms. The molecule has 2 aromatic carbocycles. The minimum absolute atomic E-state index is 0.0868. The Balaban J connectivity index is 1.39. The Morgan fingerprint density at radius 1 is 1.23 bits per heavy atom. The monoisotopic (exact) mass is 351 g/mol. The predicted molar refractivity (Wildman–Crippen MR) is 101 cm³/mol. The number of hydrogen-bond acceptors (Lipinski definition) is 3. The third-order valence-electron chi connectivity index (χ3n) is 5.26. The van der Waals surface area contributed by atoms with Gasteiger partial charge in [-0.05, 0) is 43.5 Å². The molecule has 1 amide bonds. The molecule has 1 saturated heterocycles. The minimum Gasteiger partial charge on any atom is -0.493 e. The van der Waals surface area contributed by atoms with Gasteiger partial charge in [-0.2, -0.15) is 0 Å². The molecule has 4 nitrogen and oxygen atoms in total. The summed E-state index contributed by atoms with van der Waals surface area (Å²) in [6, 6.07) is 14.0. The molecule has 1 unspecified atom stereocenters. The molecule has 2 aliphatic heterocycles. The Labute approximate surface area is 154 Å². The highest BCUT2D eigenvalue weighted by Gasteiger charge is 2.28. The molecule has 0 spiro atoms. The second-order valence-electron chi connectivity index (χ2n) is 7.28. The van der Waals surface area contributed by atoms with E-state index in [0.29, 0.717) is 24.7 Å². The summed E-state index contributed by atoms with van der Waals surface area (Å²) in [6.07, 6.45) is 3.01. The lowest BCUT2D eigenvalue weighted by Gasteiger charge is -2.33. The molecule has 0 saturated carbocycles. The quantitative estimate of drug-likeness (QED) is 0.840. The number of nitrogens with zero attached hydrogens (tertiary/aromatic N) is 1. The van der Waals surface area contributed by atoms with Crippen LogP contribution in [-0.4, -0.2) is 37.1 Å². The lowest BCUT2D eigenvalue weighted by atomic mass is 9.97. The minimum atomic E-state index is 0.0868. The molecule has 0 N–H and O–H groups in total. The topological polar surface area (TPSA) is 38.8 Å². The Bertz CT molecular complexity index is 784. The Kier molecular flexibility index (Phi) is 4.83. The highest BCUT2D eigenvalue weighted by Crippen LogP contribution is 2.31. The zero-order valence-electron chi connectivity index (χ0n) is 15.2. The van der Waals surface area contributed by atoms with E-state index in [2.05, 4.69) is 19.1 Å². The van der Waals surface area contributed by atoms with E-state index in [1.165, 1.54) is 5.56 Å². The molecule has 2 aromatic rings. The van der Waals surface area contributed by atoms with Crippen LogP contribution in [-0.2, 0) is 6.42 Å². The maximum atomic E-state index is 13.0. The lowest BCUT2D eigenvalue weighted by molar-refractivity contribution is 0.0630. The van der Waals surface area contributed by atoms with Gasteiger partial charge in [-0.3, -0.25) is 4.79 Å². The zero-order chi connectivity index (χ0) is 17.9. The molecule has 4 heteroatoms. The molecule has 0 radical (unpaired) electrons. The van der Waals surface area contributed by atoms with Gasteiger partial charge in [0.15, 0.2) is 0 Å². The number of hydrogen-bond donors (Lipinski definition) is 0. The van der Waals surface area contributed by atoms with E-state index < -0.39 is 0 Å². The highest BCUT2D eigenvalue weighted by molar-refractivity contribution is 5.97. The van der Waals surface area contributed by atoms with Crippen LogP contribution < -0.4 is 9.47 Å². The van der Waals surface area contributed by atoms with Crippen LogP contribution in [0.4, 0.5) is 0 Å². The standard InChI is InChI=1S/C22H25NO3/c1-16-7-9-19(10-8-16)26-15-17-4-3-12-23(14-17)22(24)20-6-2-5-18-11-13-25-21(18)20/h2,5-10,17H,3-4,11-15H2,1H3. The smallest absolute Gasteiger partial charge is 0.257 e. The normalized spacial score (nSPS) is 19.0. The van der Waals surface area contributed by atoms with E-state index in [1.807, 2.05) is 35.2 Å². The molecule has 1 fully saturated rings. The van der Waals surface area contributed by atoms with Crippen LogP contribution in [0.2, 0.25) is 0 Å². The summed E-state index contributed by atoms with van der Waals surface area (Å²) in [6.45, 7) is 4.94. The van der Waals surface area contributed by atoms with Crippen molar-refractivity contribution in [2.45, 2.75) is 26.2 Å². The maximum absolute atomic E-state index is 13.0. The first kappa shape index (κ1) is 17.0. The predicted octanol–water partition coefficient (Wildman–Crippen LogP) is 3.86. The van der Waals surface area contributed by atoms with E-state index in [4.69, 9.17) is 9.47 Å². The van der Waals surface area contributed by atoms with Crippen molar-refractivity contribution < 1.29 is 14.3 Å². The number of carbonyl (C=O) groups is 1. The fraction of sp³-hybridized carbons (Fsp3) is 0.409. The van der Waals surface area contributed by atoms with E-state index >= 15 is 0 Å². The second kappa shape index (κ2) is 7.40. The van der Waals surface area contributed by atoms with E-state index in [1.54, 1.807) is 0 Å². The summed E-state index contributed by atoms with van der Waals surface area (Å²) in [5.41, 5.74) is 3.08. The first-order chi connectivity index (χ1) is 12.7. The van der Waals surface area contributed by atoms with Crippen molar-refractivity contribution in [1.29, 1.82) is 0 Å². The molecular formula is C22H25NO3. The number of para-hydroxylation sites is 1. The molecule has 136 valence electrons. The molecular weight excluding hydrogens is 326 g/mol. The SMILES string of the molecule is Cc1ccc(OCC2CCCN(C(=O)c3cccc4c3OCC4)C2)cc1. The average Bonchev–Trinajstić information content (AvgIpc) is 3.16. The van der Waals surface area contributed by atoms with Crippen LogP contribution >= 0.6 is 0 Å². The summed E-state index contributed by atoms with van der Waals surface area (Å²) in [5.74, 6) is 2.14. The number of piperidine rings is 1. The van der Waals surface area contributed by atoms with Crippen LogP contribution in [0.1, 0.15) is 34.3 Å². The Hall–Kier alpha value is -2.49. The van der Waals surface area contributed by atoms with Crippen LogP contribution in [0.25, 0.3) is 0 Å². The number of amides is 1. The summed E-state index contributed by atoms with van der Waals surface area (Å²) >= 11 is 0. The Morgan fingerprint density at radius 2 is 2.08 bits per heavy atom. The Morgan fingerprint density at radius 3 is 2.92 bits per heavy atom. The molecule has 26 heavy (non-hydrogen) atoms. The molecule has 1 atom stereocenters. The number of rotatable bonds is 4. The number of benzene rings is 2. The van der Waals surface area contributed by atoms with Gasteiger partial charge in [0, 0.05) is 25.4 Å². The highest BCUT2D eigenvalue weighted by atomic mass is 16.5. The van der Waals surface area contributed by atoms with Crippen LogP contribution in [0.5, 0.6) is 11.5 Å². The largest absolute Gasteiger partial charge is 0.493 e. The van der Waals surface area contributed by atoms with Gasteiger partial charge in [0.25, 0.3) is 5.91 Å². The molecule has 0 aromatic heterocycles. The summed E-state index contributed by atoms with van der Waals surface area (Å²) < 4.78 is 11.7. The molecule has 2 heterocycles. The van der Waals surface area contributed by atoms with Crippen molar-refractivity contribution in [3.8, 4) is 11.5 Å². The summed E-state index contributed by atoms with van der Waals surface area (Å²) in [4.78, 5) is 15.0. The third kappa shape index (κ3) is 3.55. The fourth-order valence-electron chi connectivity index (χ4n) is 3.79. The van der Waals surface area contributed by atoms with E-state index in [0.717, 1.165) is 49.4 Å². The van der Waals surface area contributed by atoms with Crippen molar-refractivity contribution in [3.63, 3.8) is 0 Å². The van der Waals surface area contributed by atoms with Gasteiger partial charge in [0.2, 0.25) is 0 Å². The number of ether oxygens (including phenoxy) is 2. The van der Waals surface area contributed by atoms with Gasteiger partial charge < -0.3 is 14.4 Å². The van der Waals surface area contributed by atoms with E-state index in [-0.39, 0.29) is 5.91 Å². The zero-order valence-corrected chi connectivity index (χ0v) is 15.2. The molecule has 2 aliphatic rings. The van der Waals surface area contributed by atoms with Crippen molar-refractivity contribution in [2.75, 3.05) is 26.3 Å². The van der Waals surface area contributed by atoms with Gasteiger partial charge in [-0.15, -0.1) is 0 Å². The van der Waals surface area contributed by atoms with Crippen molar-refractivity contribution in [3.05, 3.63) is 59.2 Å². The number of fused-ring (bicyclic) bond motifs is 1. The summed E-state index contributed by atoms with van der Waals surface area (Å²) in [7, 11) is 0. The summed E-state index contributed by atoms with van der Waals surface area (Å²) in [5, 5.41) is 0. The van der Waals surface area contributed by atoms with Crippen molar-refractivity contribution in [1.82, 2.24) is 4.90 Å². The van der Waals surface area contributed by atoms with Crippen molar-refractivity contribution in [2.24, 2.45) is 5.92 Å². The van der Waals surface area contributed by atoms with Gasteiger partial charge >= 0.3 is 0 Å². The van der Waals surface area contributed by atoms with E-state index in [9.17, 15) is 4.79 Å². The first-order valence-corrected chi connectivity index (χ1v) is 9.44. The fourth-order valence-corrected chi connectivity index (χ4v) is 3.79. The van der Waals surface area contributed by atoms with Gasteiger partial charge in [-0.1, -0.05) is 29.8 Å². The second-order valence-corrected chi connectivity index (χ2v) is 7.28. The molecule has 0 aliphatic carbocycles. The first-order valence-electron chi connectivity index (χ1n) is 9.44. The van der Waals surface area contributed by atoms with Gasteiger partial charge in [-0.25, -0.2) is 0 Å². The van der Waals surface area contributed by atoms with Crippen LogP contribution in [0.15, 0.2) is 42.5 Å². The number of aryl methyl sites for hydroxylation is 1. The van der Waals surface area contributed by atoms with Crippen molar-refractivity contribution >= 4 is 5.91 Å². The van der Waals surface area contributed by atoms with Crippen LogP contribution in [0, 0.1) is 12.8 Å². The number of carbonyl (C=O) groups excluding carboxylic acids is 1. The third-order valence-corrected chi connectivity index (χ3v) is 5.26. The maximum Gasteiger partial charge on any atom is 0.257 e. The lowest BCUT2D eigenvalue weighted by Crippen LogP contribution is -2.41. The van der Waals surface area contributed by atoms with Gasteiger partial charge in [0.1, 0.15) is 11.5 Å². The van der Waals surface area contributed by atoms with Crippen LogP contribution in [0.3, 0.4) is 0 Å². The molecule has 4 rings (SSSR count).